The Morgan fingerprint density at radius 2 is 1.95 bits per heavy atom. The van der Waals surface area contributed by atoms with Gasteiger partial charge in [-0.05, 0) is 31.2 Å². The molecule has 0 atom stereocenters. The number of carbonyl (C=O) groups excluding carboxylic acids is 1. The van der Waals surface area contributed by atoms with E-state index in [0.29, 0.717) is 17.1 Å². The number of rotatable bonds is 4. The number of aromatic nitrogens is 2. The van der Waals surface area contributed by atoms with Crippen LogP contribution in [-0.2, 0) is 6.61 Å². The average Bonchev–Trinajstić information content (AvgIpc) is 2.36. The van der Waals surface area contributed by atoms with Crippen molar-refractivity contribution in [1.82, 2.24) is 9.97 Å². The summed E-state index contributed by atoms with van der Waals surface area (Å²) in [6.07, 6.45) is 0. The first-order valence-corrected chi connectivity index (χ1v) is 6.58. The summed E-state index contributed by atoms with van der Waals surface area (Å²) in [5.74, 6) is 0.136. The number of anilines is 1. The van der Waals surface area contributed by atoms with E-state index in [0.717, 1.165) is 4.47 Å². The molecule has 0 fully saturated rings. The van der Waals surface area contributed by atoms with Crippen molar-refractivity contribution >= 4 is 27.8 Å². The molecule has 2 aromatic rings. The van der Waals surface area contributed by atoms with Crippen LogP contribution in [-0.4, -0.2) is 15.9 Å². The largest absolute Gasteiger partial charge is 0.487 e. The van der Waals surface area contributed by atoms with Crippen molar-refractivity contribution in [2.24, 2.45) is 5.73 Å². The number of nitrogens with zero attached hydrogens (tertiary/aromatic N) is 2. The van der Waals surface area contributed by atoms with E-state index in [9.17, 15) is 4.79 Å². The number of nitrogen functional groups attached to an aromatic ring is 1. The summed E-state index contributed by atoms with van der Waals surface area (Å²) >= 11 is 3.34. The van der Waals surface area contributed by atoms with Crippen LogP contribution in [0.15, 0.2) is 28.7 Å². The lowest BCUT2D eigenvalue weighted by Gasteiger charge is -2.11. The number of amides is 1. The second-order valence-electron chi connectivity index (χ2n) is 4.10. The van der Waals surface area contributed by atoms with E-state index < -0.39 is 5.91 Å². The Morgan fingerprint density at radius 3 is 2.55 bits per heavy atom. The normalized spacial score (nSPS) is 10.3. The van der Waals surface area contributed by atoms with Crippen LogP contribution in [0.2, 0.25) is 0 Å². The Hall–Kier alpha value is -2.15. The van der Waals surface area contributed by atoms with E-state index >= 15 is 0 Å². The van der Waals surface area contributed by atoms with Gasteiger partial charge in [-0.1, -0.05) is 15.9 Å². The number of hydrogen-bond acceptors (Lipinski definition) is 5. The number of aryl methyl sites for hydroxylation is 1. The van der Waals surface area contributed by atoms with Gasteiger partial charge in [0.05, 0.1) is 17.0 Å². The molecule has 0 aliphatic carbocycles. The SMILES string of the molecule is Cc1nc(N)nc(COc2ccc(Br)cc2)c1C(N)=O. The predicted molar refractivity (Wildman–Crippen MR) is 78.2 cm³/mol. The minimum Gasteiger partial charge on any atom is -0.487 e. The first-order valence-electron chi connectivity index (χ1n) is 5.78. The minimum atomic E-state index is -0.600. The molecule has 0 spiro atoms. The van der Waals surface area contributed by atoms with Crippen LogP contribution in [0.25, 0.3) is 0 Å². The predicted octanol–water partition coefficient (Wildman–Crippen LogP) is 1.81. The molecule has 0 unspecified atom stereocenters. The zero-order valence-corrected chi connectivity index (χ0v) is 12.3. The van der Waals surface area contributed by atoms with Crippen LogP contribution in [0.5, 0.6) is 5.75 Å². The van der Waals surface area contributed by atoms with E-state index in [2.05, 4.69) is 25.9 Å². The maximum absolute atomic E-state index is 11.4. The molecule has 6 nitrogen and oxygen atoms in total. The van der Waals surface area contributed by atoms with Crippen molar-refractivity contribution in [3.63, 3.8) is 0 Å². The Labute approximate surface area is 124 Å². The molecule has 0 bridgehead atoms. The molecule has 7 heteroatoms. The zero-order valence-electron chi connectivity index (χ0n) is 10.8. The van der Waals surface area contributed by atoms with Gasteiger partial charge < -0.3 is 16.2 Å². The summed E-state index contributed by atoms with van der Waals surface area (Å²) in [4.78, 5) is 19.4. The lowest BCUT2D eigenvalue weighted by molar-refractivity contribution is 0.0996. The van der Waals surface area contributed by atoms with Crippen molar-refractivity contribution in [2.75, 3.05) is 5.73 Å². The highest BCUT2D eigenvalue weighted by molar-refractivity contribution is 9.10. The highest BCUT2D eigenvalue weighted by Crippen LogP contribution is 2.19. The summed E-state index contributed by atoms with van der Waals surface area (Å²) in [6, 6.07) is 7.30. The molecular weight excluding hydrogens is 324 g/mol. The minimum absolute atomic E-state index is 0.0851. The van der Waals surface area contributed by atoms with Crippen LogP contribution >= 0.6 is 15.9 Å². The van der Waals surface area contributed by atoms with Gasteiger partial charge in [0.25, 0.3) is 5.91 Å². The summed E-state index contributed by atoms with van der Waals surface area (Å²) < 4.78 is 6.52. The van der Waals surface area contributed by atoms with Gasteiger partial charge in [0.1, 0.15) is 12.4 Å². The molecule has 0 aliphatic heterocycles. The van der Waals surface area contributed by atoms with Crippen molar-refractivity contribution in [3.8, 4) is 5.75 Å². The van der Waals surface area contributed by atoms with E-state index in [1.165, 1.54) is 0 Å². The maximum Gasteiger partial charge on any atom is 0.252 e. The summed E-state index contributed by atoms with van der Waals surface area (Å²) in [6.45, 7) is 1.74. The molecule has 0 saturated heterocycles. The molecule has 0 saturated carbocycles. The summed E-state index contributed by atoms with van der Waals surface area (Å²) in [7, 11) is 0. The lowest BCUT2D eigenvalue weighted by Crippen LogP contribution is -2.20. The maximum atomic E-state index is 11.4. The topological polar surface area (TPSA) is 104 Å². The van der Waals surface area contributed by atoms with Crippen molar-refractivity contribution in [1.29, 1.82) is 0 Å². The zero-order chi connectivity index (χ0) is 14.7. The van der Waals surface area contributed by atoms with Crippen LogP contribution in [0.4, 0.5) is 5.95 Å². The van der Waals surface area contributed by atoms with Crippen molar-refractivity contribution in [2.45, 2.75) is 13.5 Å². The Kier molecular flexibility index (Phi) is 4.19. The van der Waals surface area contributed by atoms with Gasteiger partial charge in [0, 0.05) is 4.47 Å². The van der Waals surface area contributed by atoms with Gasteiger partial charge in [-0.25, -0.2) is 9.97 Å². The van der Waals surface area contributed by atoms with E-state index in [4.69, 9.17) is 16.2 Å². The van der Waals surface area contributed by atoms with Crippen LogP contribution in [0, 0.1) is 6.92 Å². The van der Waals surface area contributed by atoms with Crippen LogP contribution in [0.3, 0.4) is 0 Å². The monoisotopic (exact) mass is 336 g/mol. The van der Waals surface area contributed by atoms with E-state index in [1.54, 1.807) is 19.1 Å². The molecule has 0 radical (unpaired) electrons. The van der Waals surface area contributed by atoms with Crippen LogP contribution in [0.1, 0.15) is 21.7 Å². The van der Waals surface area contributed by atoms with Crippen molar-refractivity contribution < 1.29 is 9.53 Å². The molecule has 104 valence electrons. The number of halogens is 1. The summed E-state index contributed by atoms with van der Waals surface area (Å²) in [5.41, 5.74) is 12.0. The third kappa shape index (κ3) is 3.24. The van der Waals surface area contributed by atoms with Gasteiger partial charge in [0.15, 0.2) is 0 Å². The highest BCUT2D eigenvalue weighted by atomic mass is 79.9. The third-order valence-electron chi connectivity index (χ3n) is 2.62. The number of ether oxygens (including phenoxy) is 1. The van der Waals surface area contributed by atoms with Crippen LogP contribution < -0.4 is 16.2 Å². The summed E-state index contributed by atoms with van der Waals surface area (Å²) in [5, 5.41) is 0. The Bertz CT molecular complexity index is 644. The second-order valence-corrected chi connectivity index (χ2v) is 5.01. The smallest absolute Gasteiger partial charge is 0.252 e. The number of benzene rings is 1. The first kappa shape index (κ1) is 14.3. The number of nitrogens with two attached hydrogens (primary N) is 2. The third-order valence-corrected chi connectivity index (χ3v) is 3.15. The number of hydrogen-bond donors (Lipinski definition) is 2. The number of carbonyl (C=O) groups is 1. The molecule has 4 N–H and O–H groups in total. The molecule has 0 aliphatic rings. The van der Waals surface area contributed by atoms with Gasteiger partial charge in [-0.3, -0.25) is 4.79 Å². The average molecular weight is 337 g/mol. The fourth-order valence-corrected chi connectivity index (χ4v) is 2.03. The molecule has 1 amide bonds. The first-order chi connectivity index (χ1) is 9.47. The fraction of sp³-hybridized carbons (Fsp3) is 0.154. The quantitative estimate of drug-likeness (QED) is 0.885. The molecule has 1 aromatic heterocycles. The lowest BCUT2D eigenvalue weighted by atomic mass is 10.1. The Balaban J connectivity index is 2.24. The molecule has 20 heavy (non-hydrogen) atoms. The van der Waals surface area contributed by atoms with E-state index in [1.807, 2.05) is 12.1 Å². The highest BCUT2D eigenvalue weighted by Gasteiger charge is 2.16. The molecule has 1 aromatic carbocycles. The molecule has 1 heterocycles. The Morgan fingerprint density at radius 1 is 1.30 bits per heavy atom. The van der Waals surface area contributed by atoms with Gasteiger partial charge in [0.2, 0.25) is 5.95 Å². The van der Waals surface area contributed by atoms with Gasteiger partial charge in [-0.15, -0.1) is 0 Å². The van der Waals surface area contributed by atoms with Gasteiger partial charge in [-0.2, -0.15) is 0 Å². The fourth-order valence-electron chi connectivity index (χ4n) is 1.76. The van der Waals surface area contributed by atoms with Crippen molar-refractivity contribution in [3.05, 3.63) is 45.7 Å². The standard InChI is InChI=1S/C13H13BrN4O2/c1-7-11(12(15)19)10(18-13(16)17-7)6-20-9-4-2-8(14)3-5-9/h2-5H,6H2,1H3,(H2,15,19)(H2,16,17,18). The van der Waals surface area contributed by atoms with E-state index in [-0.39, 0.29) is 18.1 Å². The molecular formula is C13H13BrN4O2. The van der Waals surface area contributed by atoms with Gasteiger partial charge >= 0.3 is 0 Å². The molecule has 2 rings (SSSR count). The second kappa shape index (κ2) is 5.87. The number of primary amides is 1.